The summed E-state index contributed by atoms with van der Waals surface area (Å²) in [6, 6.07) is 7.84. The van der Waals surface area contributed by atoms with E-state index in [-0.39, 0.29) is 6.10 Å². The fraction of sp³-hybridized carbons (Fsp3) is 0.455. The predicted molar refractivity (Wildman–Crippen MR) is 60.6 cm³/mol. The molecule has 14 heavy (non-hydrogen) atoms. The molecule has 0 aromatic heterocycles. The third-order valence-electron chi connectivity index (χ3n) is 2.28. The molecule has 3 heteroatoms. The van der Waals surface area contributed by atoms with Crippen molar-refractivity contribution in [2.75, 3.05) is 31.3 Å². The molecule has 1 atom stereocenters. The van der Waals surface area contributed by atoms with Gasteiger partial charge >= 0.3 is 0 Å². The van der Waals surface area contributed by atoms with Crippen LogP contribution in [0.15, 0.2) is 24.3 Å². The number of methoxy groups -OCH3 is 1. The highest BCUT2D eigenvalue weighted by Gasteiger charge is 2.07. The van der Waals surface area contributed by atoms with Gasteiger partial charge in [-0.05, 0) is 19.1 Å². The van der Waals surface area contributed by atoms with E-state index < -0.39 is 0 Å². The van der Waals surface area contributed by atoms with Crippen LogP contribution in [0.2, 0.25) is 0 Å². The summed E-state index contributed by atoms with van der Waals surface area (Å²) >= 11 is 0. The molecule has 0 saturated heterocycles. The van der Waals surface area contributed by atoms with Gasteiger partial charge in [-0.2, -0.15) is 0 Å². The number of nitrogens with zero attached hydrogens (tertiary/aromatic N) is 1. The van der Waals surface area contributed by atoms with Gasteiger partial charge in [0.05, 0.1) is 17.5 Å². The zero-order valence-corrected chi connectivity index (χ0v) is 9.03. The Morgan fingerprint density at radius 3 is 2.64 bits per heavy atom. The first-order chi connectivity index (χ1) is 6.65. The van der Waals surface area contributed by atoms with Crippen molar-refractivity contribution < 1.29 is 4.74 Å². The minimum absolute atomic E-state index is 0.208. The van der Waals surface area contributed by atoms with Crippen LogP contribution < -0.4 is 10.6 Å². The van der Waals surface area contributed by atoms with Crippen molar-refractivity contribution in [1.82, 2.24) is 0 Å². The fourth-order valence-corrected chi connectivity index (χ4v) is 1.39. The Morgan fingerprint density at radius 1 is 1.43 bits per heavy atom. The maximum absolute atomic E-state index is 5.86. The van der Waals surface area contributed by atoms with Gasteiger partial charge in [-0.15, -0.1) is 0 Å². The van der Waals surface area contributed by atoms with Crippen molar-refractivity contribution in [2.45, 2.75) is 13.0 Å². The summed E-state index contributed by atoms with van der Waals surface area (Å²) in [4.78, 5) is 2.10. The molecule has 1 aromatic rings. The van der Waals surface area contributed by atoms with Crippen LogP contribution >= 0.6 is 0 Å². The van der Waals surface area contributed by atoms with E-state index in [2.05, 4.69) is 4.90 Å². The zero-order chi connectivity index (χ0) is 10.6. The number of benzene rings is 1. The smallest absolute Gasteiger partial charge is 0.0717 e. The lowest BCUT2D eigenvalue weighted by atomic mass is 10.2. The van der Waals surface area contributed by atoms with Crippen molar-refractivity contribution in [2.24, 2.45) is 0 Å². The standard InChI is InChI=1S/C11H18N2O/c1-9(14-3)8-13(2)11-7-5-4-6-10(11)12/h4-7,9H,8,12H2,1-3H3. The van der Waals surface area contributed by atoms with Crippen LogP contribution in [0.4, 0.5) is 11.4 Å². The Balaban J connectivity index is 2.69. The number of para-hydroxylation sites is 2. The number of nitrogens with two attached hydrogens (primary N) is 1. The highest BCUT2D eigenvalue weighted by Crippen LogP contribution is 2.21. The van der Waals surface area contributed by atoms with Crippen molar-refractivity contribution in [1.29, 1.82) is 0 Å². The summed E-state index contributed by atoms with van der Waals surface area (Å²) in [5.74, 6) is 0. The van der Waals surface area contributed by atoms with Gasteiger partial charge < -0.3 is 15.4 Å². The van der Waals surface area contributed by atoms with Crippen LogP contribution in [0, 0.1) is 0 Å². The Labute approximate surface area is 85.5 Å². The summed E-state index contributed by atoms with van der Waals surface area (Å²) in [5.41, 5.74) is 7.71. The minimum atomic E-state index is 0.208. The number of nitrogen functional groups attached to an aromatic ring is 1. The van der Waals surface area contributed by atoms with E-state index in [1.807, 2.05) is 38.2 Å². The molecule has 0 radical (unpaired) electrons. The second kappa shape index (κ2) is 4.86. The van der Waals surface area contributed by atoms with Gasteiger partial charge in [0.1, 0.15) is 0 Å². The number of hydrogen-bond acceptors (Lipinski definition) is 3. The quantitative estimate of drug-likeness (QED) is 0.742. The van der Waals surface area contributed by atoms with Gasteiger partial charge in [-0.25, -0.2) is 0 Å². The van der Waals surface area contributed by atoms with Gasteiger partial charge in [0.15, 0.2) is 0 Å². The molecule has 78 valence electrons. The average molecular weight is 194 g/mol. The van der Waals surface area contributed by atoms with Gasteiger partial charge in [-0.1, -0.05) is 12.1 Å². The molecule has 0 bridgehead atoms. The second-order valence-corrected chi connectivity index (χ2v) is 3.49. The van der Waals surface area contributed by atoms with Crippen molar-refractivity contribution in [3.63, 3.8) is 0 Å². The van der Waals surface area contributed by atoms with E-state index in [1.54, 1.807) is 7.11 Å². The third kappa shape index (κ3) is 2.64. The lowest BCUT2D eigenvalue weighted by molar-refractivity contribution is 0.124. The fourth-order valence-electron chi connectivity index (χ4n) is 1.39. The van der Waals surface area contributed by atoms with Gasteiger partial charge in [0.2, 0.25) is 0 Å². The van der Waals surface area contributed by atoms with Crippen LogP contribution in [0.25, 0.3) is 0 Å². The van der Waals surface area contributed by atoms with Crippen LogP contribution in [0.3, 0.4) is 0 Å². The molecular weight excluding hydrogens is 176 g/mol. The zero-order valence-electron chi connectivity index (χ0n) is 9.03. The second-order valence-electron chi connectivity index (χ2n) is 3.49. The lowest BCUT2D eigenvalue weighted by Crippen LogP contribution is -2.28. The highest BCUT2D eigenvalue weighted by atomic mass is 16.5. The SMILES string of the molecule is COC(C)CN(C)c1ccccc1N. The Kier molecular flexibility index (Phi) is 3.77. The van der Waals surface area contributed by atoms with Crippen molar-refractivity contribution in [3.8, 4) is 0 Å². The number of rotatable bonds is 4. The van der Waals surface area contributed by atoms with E-state index >= 15 is 0 Å². The number of ether oxygens (including phenoxy) is 1. The first-order valence-electron chi connectivity index (χ1n) is 4.73. The topological polar surface area (TPSA) is 38.5 Å². The van der Waals surface area contributed by atoms with Crippen molar-refractivity contribution >= 4 is 11.4 Å². The molecule has 0 fully saturated rings. The summed E-state index contributed by atoms with van der Waals surface area (Å²) in [5, 5.41) is 0. The minimum Gasteiger partial charge on any atom is -0.397 e. The molecule has 0 heterocycles. The largest absolute Gasteiger partial charge is 0.397 e. The highest BCUT2D eigenvalue weighted by molar-refractivity contribution is 5.66. The van der Waals surface area contributed by atoms with E-state index in [0.29, 0.717) is 0 Å². The van der Waals surface area contributed by atoms with Gasteiger partial charge in [0, 0.05) is 20.7 Å². The maximum Gasteiger partial charge on any atom is 0.0717 e. The first-order valence-corrected chi connectivity index (χ1v) is 4.73. The van der Waals surface area contributed by atoms with E-state index in [9.17, 15) is 0 Å². The van der Waals surface area contributed by atoms with Gasteiger partial charge in [0.25, 0.3) is 0 Å². The predicted octanol–water partition coefficient (Wildman–Crippen LogP) is 1.74. The molecule has 0 aliphatic carbocycles. The van der Waals surface area contributed by atoms with Crippen LogP contribution in [-0.2, 0) is 4.74 Å². The lowest BCUT2D eigenvalue weighted by Gasteiger charge is -2.23. The molecule has 0 saturated carbocycles. The third-order valence-corrected chi connectivity index (χ3v) is 2.28. The van der Waals surface area contributed by atoms with Crippen molar-refractivity contribution in [3.05, 3.63) is 24.3 Å². The summed E-state index contributed by atoms with van der Waals surface area (Å²) in [6.45, 7) is 2.88. The normalized spacial score (nSPS) is 12.5. The monoisotopic (exact) mass is 194 g/mol. The number of likely N-dealkylation sites (N-methyl/N-ethyl adjacent to an activating group) is 1. The Morgan fingerprint density at radius 2 is 2.07 bits per heavy atom. The molecule has 1 aromatic carbocycles. The Hall–Kier alpha value is -1.22. The molecule has 0 amide bonds. The van der Waals surface area contributed by atoms with E-state index in [4.69, 9.17) is 10.5 Å². The first kappa shape index (κ1) is 10.9. The molecule has 0 aliphatic rings. The molecule has 3 nitrogen and oxygen atoms in total. The maximum atomic E-state index is 5.86. The molecular formula is C11H18N2O. The van der Waals surface area contributed by atoms with Gasteiger partial charge in [-0.3, -0.25) is 0 Å². The average Bonchev–Trinajstić information content (AvgIpc) is 2.18. The van der Waals surface area contributed by atoms with Crippen LogP contribution in [0.1, 0.15) is 6.92 Å². The van der Waals surface area contributed by atoms with Crippen LogP contribution in [-0.4, -0.2) is 26.8 Å². The molecule has 0 spiro atoms. The van der Waals surface area contributed by atoms with E-state index in [1.165, 1.54) is 0 Å². The van der Waals surface area contributed by atoms with E-state index in [0.717, 1.165) is 17.9 Å². The summed E-state index contributed by atoms with van der Waals surface area (Å²) in [6.07, 6.45) is 0.208. The Bertz CT molecular complexity index is 288. The summed E-state index contributed by atoms with van der Waals surface area (Å²) in [7, 11) is 3.73. The molecule has 1 unspecified atom stereocenters. The molecule has 2 N–H and O–H groups in total. The number of anilines is 2. The molecule has 1 rings (SSSR count). The molecule has 0 aliphatic heterocycles. The number of hydrogen-bond donors (Lipinski definition) is 1. The van der Waals surface area contributed by atoms with Crippen LogP contribution in [0.5, 0.6) is 0 Å². The summed E-state index contributed by atoms with van der Waals surface area (Å²) < 4.78 is 5.20.